The number of benzene rings is 5. The molecule has 1 aliphatic heterocycles. The van der Waals surface area contributed by atoms with Gasteiger partial charge in [0.1, 0.15) is 36.1 Å². The Hall–Kier alpha value is -5.18. The van der Waals surface area contributed by atoms with E-state index < -0.39 is 23.7 Å². The molecule has 5 aromatic rings. The molecule has 4 amide bonds. The van der Waals surface area contributed by atoms with E-state index in [-0.39, 0.29) is 24.5 Å². The molecule has 1 saturated heterocycles. The molecule has 7 nitrogen and oxygen atoms in total. The third kappa shape index (κ3) is 6.38. The Morgan fingerprint density at radius 2 is 1.51 bits per heavy atom. The number of imide groups is 2. The van der Waals surface area contributed by atoms with Crippen LogP contribution in [0, 0.1) is 5.82 Å². The van der Waals surface area contributed by atoms with Gasteiger partial charge in [0.25, 0.3) is 11.8 Å². The second kappa shape index (κ2) is 12.8. The van der Waals surface area contributed by atoms with Gasteiger partial charge in [0, 0.05) is 26.7 Å². The van der Waals surface area contributed by atoms with E-state index in [9.17, 15) is 18.8 Å². The summed E-state index contributed by atoms with van der Waals surface area (Å²) in [5.41, 5.74) is 1.45. The van der Waals surface area contributed by atoms with Crippen molar-refractivity contribution in [2.24, 2.45) is 0 Å². The number of hydrogen-bond acceptors (Lipinski definition) is 5. The molecule has 0 saturated carbocycles. The van der Waals surface area contributed by atoms with E-state index in [1.54, 1.807) is 54.6 Å². The molecule has 45 heavy (non-hydrogen) atoms. The molecule has 10 heteroatoms. The van der Waals surface area contributed by atoms with Crippen LogP contribution in [-0.4, -0.2) is 17.8 Å². The van der Waals surface area contributed by atoms with Crippen LogP contribution in [-0.2, 0) is 22.8 Å². The lowest BCUT2D eigenvalue weighted by molar-refractivity contribution is -0.122. The summed E-state index contributed by atoms with van der Waals surface area (Å²) in [6.07, 6.45) is 1.39. The Kier molecular flexibility index (Phi) is 8.51. The number of amides is 4. The van der Waals surface area contributed by atoms with Crippen LogP contribution in [0.4, 0.5) is 14.9 Å². The molecular weight excluding hydrogens is 618 g/mol. The first-order chi connectivity index (χ1) is 21.8. The van der Waals surface area contributed by atoms with Gasteiger partial charge in [-0.1, -0.05) is 77.8 Å². The van der Waals surface area contributed by atoms with E-state index in [1.807, 2.05) is 30.3 Å². The van der Waals surface area contributed by atoms with Crippen LogP contribution in [0.3, 0.4) is 0 Å². The van der Waals surface area contributed by atoms with Gasteiger partial charge in [-0.25, -0.2) is 14.1 Å². The number of ether oxygens (including phenoxy) is 2. The van der Waals surface area contributed by atoms with Crippen molar-refractivity contribution < 1.29 is 28.2 Å². The van der Waals surface area contributed by atoms with Crippen LogP contribution >= 0.6 is 23.2 Å². The first-order valence-corrected chi connectivity index (χ1v) is 14.5. The number of anilines is 1. The average Bonchev–Trinajstić information content (AvgIpc) is 3.03. The number of halogens is 3. The largest absolute Gasteiger partial charge is 0.489 e. The van der Waals surface area contributed by atoms with Crippen LogP contribution in [0.2, 0.25) is 10.0 Å². The molecule has 1 aliphatic rings. The fourth-order valence-corrected chi connectivity index (χ4v) is 5.31. The summed E-state index contributed by atoms with van der Waals surface area (Å²) in [4.78, 5) is 40.5. The van der Waals surface area contributed by atoms with Crippen molar-refractivity contribution in [2.45, 2.75) is 13.2 Å². The van der Waals surface area contributed by atoms with Crippen molar-refractivity contribution in [2.75, 3.05) is 4.90 Å². The van der Waals surface area contributed by atoms with Gasteiger partial charge in [0.2, 0.25) is 0 Å². The summed E-state index contributed by atoms with van der Waals surface area (Å²) in [5, 5.41) is 4.74. The van der Waals surface area contributed by atoms with Crippen molar-refractivity contribution >= 4 is 63.6 Å². The summed E-state index contributed by atoms with van der Waals surface area (Å²) in [6.45, 7) is 0.0940. The van der Waals surface area contributed by atoms with Crippen LogP contribution in [0.25, 0.3) is 16.8 Å². The van der Waals surface area contributed by atoms with Crippen molar-refractivity contribution in [1.29, 1.82) is 0 Å². The number of nitrogens with one attached hydrogen (secondary N) is 1. The topological polar surface area (TPSA) is 84.9 Å². The lowest BCUT2D eigenvalue weighted by Crippen LogP contribution is -2.54. The van der Waals surface area contributed by atoms with Gasteiger partial charge in [-0.15, -0.1) is 0 Å². The van der Waals surface area contributed by atoms with Crippen LogP contribution < -0.4 is 19.7 Å². The van der Waals surface area contributed by atoms with E-state index in [0.717, 1.165) is 15.8 Å². The monoisotopic (exact) mass is 640 g/mol. The van der Waals surface area contributed by atoms with Crippen molar-refractivity contribution in [3.8, 4) is 11.5 Å². The van der Waals surface area contributed by atoms with Gasteiger partial charge in [-0.3, -0.25) is 14.9 Å². The predicted molar refractivity (Wildman–Crippen MR) is 171 cm³/mol. The maximum atomic E-state index is 14.3. The number of urea groups is 1. The summed E-state index contributed by atoms with van der Waals surface area (Å²) in [5.74, 6) is -1.29. The molecule has 0 aliphatic carbocycles. The van der Waals surface area contributed by atoms with Gasteiger partial charge in [0.05, 0.1) is 5.69 Å². The zero-order valence-electron chi connectivity index (χ0n) is 23.4. The highest BCUT2D eigenvalue weighted by atomic mass is 35.5. The minimum atomic E-state index is -0.891. The zero-order valence-corrected chi connectivity index (χ0v) is 24.9. The predicted octanol–water partition coefficient (Wildman–Crippen LogP) is 8.11. The summed E-state index contributed by atoms with van der Waals surface area (Å²) >= 11 is 12.2. The molecule has 5 aromatic carbocycles. The molecule has 224 valence electrons. The number of rotatable bonds is 8. The summed E-state index contributed by atoms with van der Waals surface area (Å²) in [6, 6.07) is 27.6. The molecule has 0 bridgehead atoms. The van der Waals surface area contributed by atoms with E-state index >= 15 is 0 Å². The minimum absolute atomic E-state index is 0.0788. The first-order valence-electron chi connectivity index (χ1n) is 13.7. The summed E-state index contributed by atoms with van der Waals surface area (Å²) in [7, 11) is 0. The van der Waals surface area contributed by atoms with Gasteiger partial charge in [-0.05, 0) is 65.4 Å². The smallest absolute Gasteiger partial charge is 0.335 e. The van der Waals surface area contributed by atoms with Crippen molar-refractivity contribution in [3.05, 3.63) is 141 Å². The average molecular weight is 641 g/mol. The number of fused-ring (bicyclic) bond motifs is 1. The molecule has 1 fully saturated rings. The van der Waals surface area contributed by atoms with E-state index in [4.69, 9.17) is 32.7 Å². The Balaban J connectivity index is 1.29. The van der Waals surface area contributed by atoms with E-state index in [0.29, 0.717) is 38.1 Å². The molecule has 6 rings (SSSR count). The quantitative estimate of drug-likeness (QED) is 0.137. The number of nitrogens with zero attached hydrogens (tertiary/aromatic N) is 1. The maximum Gasteiger partial charge on any atom is 0.335 e. The Morgan fingerprint density at radius 1 is 0.778 bits per heavy atom. The Labute approximate surface area is 267 Å². The second-order valence-electron chi connectivity index (χ2n) is 10.1. The van der Waals surface area contributed by atoms with Gasteiger partial charge < -0.3 is 9.47 Å². The first kappa shape index (κ1) is 29.9. The van der Waals surface area contributed by atoms with Crippen LogP contribution in [0.5, 0.6) is 11.5 Å². The highest BCUT2D eigenvalue weighted by Gasteiger charge is 2.37. The number of hydrogen-bond donors (Lipinski definition) is 1. The fraction of sp³-hybridized carbons (Fsp3) is 0.0571. The highest BCUT2D eigenvalue weighted by Crippen LogP contribution is 2.33. The normalized spacial score (nSPS) is 14.2. The van der Waals surface area contributed by atoms with Gasteiger partial charge in [0.15, 0.2) is 0 Å². The van der Waals surface area contributed by atoms with Crippen molar-refractivity contribution in [1.82, 2.24) is 5.32 Å². The SMILES string of the molecule is O=C1NC(=O)N(c2ccc(OCc3ccc(Cl)cc3Cl)cc2)C(=O)/C1=C/c1c(OCc2ccccc2F)ccc2ccccc12. The Morgan fingerprint density at radius 3 is 2.29 bits per heavy atom. The number of carbonyl (C=O) groups excluding carboxylic acids is 3. The minimum Gasteiger partial charge on any atom is -0.489 e. The summed E-state index contributed by atoms with van der Waals surface area (Å²) < 4.78 is 26.1. The van der Waals surface area contributed by atoms with Crippen molar-refractivity contribution in [3.63, 3.8) is 0 Å². The highest BCUT2D eigenvalue weighted by molar-refractivity contribution is 6.39. The molecule has 0 spiro atoms. The van der Waals surface area contributed by atoms with Crippen LogP contribution in [0.1, 0.15) is 16.7 Å². The molecular formula is C35H23Cl2FN2O5. The van der Waals surface area contributed by atoms with Crippen LogP contribution in [0.15, 0.2) is 109 Å². The lowest BCUT2D eigenvalue weighted by atomic mass is 9.99. The molecule has 0 unspecified atom stereocenters. The molecule has 0 aromatic heterocycles. The van der Waals surface area contributed by atoms with Gasteiger partial charge >= 0.3 is 6.03 Å². The Bertz CT molecular complexity index is 1990. The number of carbonyl (C=O) groups is 3. The van der Waals surface area contributed by atoms with E-state index in [2.05, 4.69) is 5.32 Å². The zero-order chi connectivity index (χ0) is 31.5. The lowest BCUT2D eigenvalue weighted by Gasteiger charge is -2.26. The number of barbiturate groups is 1. The van der Waals surface area contributed by atoms with E-state index in [1.165, 1.54) is 24.3 Å². The fourth-order valence-electron chi connectivity index (χ4n) is 4.85. The molecule has 1 N–H and O–H groups in total. The standard InChI is InChI=1S/C35H23Cl2FN2O5/c36-24-11-9-22(30(37)17-24)19-44-26-14-12-25(13-15-26)40-34(42)29(33(41)39-35(40)43)18-28-27-7-3-1-5-21(27)10-16-32(28)45-20-23-6-2-4-8-31(23)38/h1-18H,19-20H2,(H,39,41,43)/b29-18+. The third-order valence-electron chi connectivity index (χ3n) is 7.17. The molecule has 0 atom stereocenters. The molecule has 0 radical (unpaired) electrons. The molecule has 1 heterocycles. The second-order valence-corrected chi connectivity index (χ2v) is 10.9. The maximum absolute atomic E-state index is 14.3. The van der Waals surface area contributed by atoms with Gasteiger partial charge in [-0.2, -0.15) is 0 Å². The third-order valence-corrected chi connectivity index (χ3v) is 7.75.